The van der Waals surface area contributed by atoms with Crippen LogP contribution < -0.4 is 0 Å². The van der Waals surface area contributed by atoms with Gasteiger partial charge in [-0.1, -0.05) is 19.1 Å². The molecule has 2 atom stereocenters. The van der Waals surface area contributed by atoms with Gasteiger partial charge in [0, 0.05) is 6.42 Å². The monoisotopic (exact) mass is 240 g/mol. The molecule has 2 aliphatic rings. The second kappa shape index (κ2) is 5.67. The van der Waals surface area contributed by atoms with Crippen LogP contribution in [0.25, 0.3) is 0 Å². The number of carbonyl (C=O) groups excluding carboxylic acids is 1. The third kappa shape index (κ3) is 4.97. The van der Waals surface area contributed by atoms with E-state index in [-0.39, 0.29) is 5.97 Å². The summed E-state index contributed by atoms with van der Waals surface area (Å²) in [6.45, 7) is 7.81. The van der Waals surface area contributed by atoms with E-state index in [4.69, 9.17) is 4.43 Å². The average Bonchev–Trinajstić information content (AvgIpc) is 2.79. The zero-order valence-electron chi connectivity index (χ0n) is 11.0. The molecule has 16 heavy (non-hydrogen) atoms. The van der Waals surface area contributed by atoms with Crippen molar-refractivity contribution in [3.8, 4) is 0 Å². The fraction of sp³-hybridized carbons (Fsp3) is 0.769. The summed E-state index contributed by atoms with van der Waals surface area (Å²) < 4.78 is 5.09. The molecule has 0 aliphatic heterocycles. The number of rotatable bonds is 2. The fourth-order valence-electron chi connectivity index (χ4n) is 2.13. The first kappa shape index (κ1) is 13.5. The topological polar surface area (TPSA) is 26.3 Å². The summed E-state index contributed by atoms with van der Waals surface area (Å²) in [5, 5.41) is 0. The molecule has 0 aromatic heterocycles. The van der Waals surface area contributed by atoms with E-state index in [0.29, 0.717) is 6.42 Å². The molecule has 0 N–H and O–H groups in total. The molecule has 0 aromatic rings. The Kier molecular flexibility index (Phi) is 4.78. The Hall–Kier alpha value is -0.573. The maximum Gasteiger partial charge on any atom is 0.292 e. The number of allylic oxidation sites excluding steroid dienone is 2. The molecule has 0 heterocycles. The molecular formula is C13H24O2Si. The predicted octanol–water partition coefficient (Wildman–Crippen LogP) is 3.75. The summed E-state index contributed by atoms with van der Waals surface area (Å²) in [7, 11) is -1.59. The minimum atomic E-state index is -1.59. The molecule has 2 bridgehead atoms. The van der Waals surface area contributed by atoms with Crippen LogP contribution in [0, 0.1) is 11.8 Å². The molecular weight excluding hydrogens is 216 g/mol. The zero-order chi connectivity index (χ0) is 12.2. The van der Waals surface area contributed by atoms with Crippen LogP contribution in [0.5, 0.6) is 0 Å². The third-order valence-corrected chi connectivity index (χ3v) is 3.72. The van der Waals surface area contributed by atoms with Crippen molar-refractivity contribution in [1.82, 2.24) is 0 Å². The van der Waals surface area contributed by atoms with E-state index in [1.165, 1.54) is 19.3 Å². The normalized spacial score (nSPS) is 26.2. The number of hydrogen-bond donors (Lipinski definition) is 0. The smallest absolute Gasteiger partial charge is 0.292 e. The van der Waals surface area contributed by atoms with Gasteiger partial charge in [-0.3, -0.25) is 4.79 Å². The second-order valence-electron chi connectivity index (χ2n) is 5.66. The molecule has 0 radical (unpaired) electrons. The average molecular weight is 240 g/mol. The Bertz CT molecular complexity index is 254. The summed E-state index contributed by atoms with van der Waals surface area (Å²) in [4.78, 5) is 10.6. The van der Waals surface area contributed by atoms with Crippen molar-refractivity contribution in [2.45, 2.75) is 52.2 Å². The van der Waals surface area contributed by atoms with Crippen molar-refractivity contribution < 1.29 is 9.22 Å². The van der Waals surface area contributed by atoms with Gasteiger partial charge in [0.2, 0.25) is 8.32 Å². The first-order valence-electron chi connectivity index (χ1n) is 6.31. The van der Waals surface area contributed by atoms with Gasteiger partial charge >= 0.3 is 0 Å². The molecule has 0 amide bonds. The predicted molar refractivity (Wildman–Crippen MR) is 69.7 cm³/mol. The Labute approximate surface area is 100 Å². The van der Waals surface area contributed by atoms with Crippen molar-refractivity contribution in [3.05, 3.63) is 12.2 Å². The SMILES string of the molecule is C1=CC2CCC1C2.CCC(=O)O[Si](C)(C)C. The Morgan fingerprint density at radius 2 is 1.75 bits per heavy atom. The minimum Gasteiger partial charge on any atom is -0.520 e. The Balaban J connectivity index is 0.000000163. The van der Waals surface area contributed by atoms with Gasteiger partial charge in [0.05, 0.1) is 0 Å². The summed E-state index contributed by atoms with van der Waals surface area (Å²) in [6.07, 6.45) is 9.68. The molecule has 2 unspecified atom stereocenters. The summed E-state index contributed by atoms with van der Waals surface area (Å²) in [5.74, 6) is 1.91. The molecule has 3 heteroatoms. The van der Waals surface area contributed by atoms with Gasteiger partial charge in [-0.2, -0.15) is 0 Å². The summed E-state index contributed by atoms with van der Waals surface area (Å²) in [5.41, 5.74) is 0. The third-order valence-electron chi connectivity index (χ3n) is 2.88. The van der Waals surface area contributed by atoms with E-state index >= 15 is 0 Å². The van der Waals surface area contributed by atoms with E-state index in [0.717, 1.165) is 11.8 Å². The van der Waals surface area contributed by atoms with Crippen molar-refractivity contribution in [2.75, 3.05) is 0 Å². The van der Waals surface area contributed by atoms with Crippen LogP contribution >= 0.6 is 0 Å². The van der Waals surface area contributed by atoms with Crippen LogP contribution in [-0.2, 0) is 9.22 Å². The second-order valence-corrected chi connectivity index (χ2v) is 10.1. The Morgan fingerprint density at radius 3 is 1.88 bits per heavy atom. The van der Waals surface area contributed by atoms with Crippen LogP contribution in [0.2, 0.25) is 19.6 Å². The van der Waals surface area contributed by atoms with Crippen molar-refractivity contribution >= 4 is 14.3 Å². The van der Waals surface area contributed by atoms with Crippen LogP contribution in [0.1, 0.15) is 32.6 Å². The lowest BCUT2D eigenvalue weighted by Gasteiger charge is -2.15. The lowest BCUT2D eigenvalue weighted by atomic mass is 10.1. The molecule has 0 saturated heterocycles. The molecule has 0 aromatic carbocycles. The standard InChI is InChI=1S/C7H10.C6H14O2Si/c1-2-7-4-3-6(1)5-7;1-5-6(7)8-9(2,3)4/h1-2,6-7H,3-5H2;5H2,1-4H3. The fourth-order valence-corrected chi connectivity index (χ4v) is 2.96. The maximum absolute atomic E-state index is 10.6. The minimum absolute atomic E-state index is 0.0748. The van der Waals surface area contributed by atoms with Gasteiger partial charge in [-0.05, 0) is 50.7 Å². The van der Waals surface area contributed by atoms with E-state index in [9.17, 15) is 4.79 Å². The van der Waals surface area contributed by atoms with E-state index in [2.05, 4.69) is 12.2 Å². The molecule has 1 saturated carbocycles. The van der Waals surface area contributed by atoms with E-state index < -0.39 is 8.32 Å². The van der Waals surface area contributed by atoms with Gasteiger partial charge in [0.15, 0.2) is 0 Å². The number of fused-ring (bicyclic) bond motifs is 2. The van der Waals surface area contributed by atoms with Crippen molar-refractivity contribution in [2.24, 2.45) is 11.8 Å². The maximum atomic E-state index is 10.6. The highest BCUT2D eigenvalue weighted by atomic mass is 28.4. The Morgan fingerprint density at radius 1 is 1.25 bits per heavy atom. The number of hydrogen-bond acceptors (Lipinski definition) is 2. The highest BCUT2D eigenvalue weighted by Gasteiger charge is 2.25. The van der Waals surface area contributed by atoms with Gasteiger partial charge in [0.25, 0.3) is 5.97 Å². The summed E-state index contributed by atoms with van der Waals surface area (Å²) >= 11 is 0. The van der Waals surface area contributed by atoms with Gasteiger partial charge in [-0.15, -0.1) is 0 Å². The molecule has 92 valence electrons. The van der Waals surface area contributed by atoms with Gasteiger partial charge < -0.3 is 4.43 Å². The molecule has 2 rings (SSSR count). The summed E-state index contributed by atoms with van der Waals surface area (Å²) in [6, 6.07) is 0. The molecule has 1 fully saturated rings. The van der Waals surface area contributed by atoms with Gasteiger partial charge in [-0.25, -0.2) is 0 Å². The molecule has 2 nitrogen and oxygen atoms in total. The highest BCUT2D eigenvalue weighted by molar-refractivity contribution is 6.71. The first-order chi connectivity index (χ1) is 7.40. The van der Waals surface area contributed by atoms with Crippen molar-refractivity contribution in [3.63, 3.8) is 0 Å². The quantitative estimate of drug-likeness (QED) is 0.543. The molecule has 0 spiro atoms. The highest BCUT2D eigenvalue weighted by Crippen LogP contribution is 2.38. The first-order valence-corrected chi connectivity index (χ1v) is 9.71. The number of carbonyl (C=O) groups is 1. The van der Waals surface area contributed by atoms with Crippen molar-refractivity contribution in [1.29, 1.82) is 0 Å². The molecule has 2 aliphatic carbocycles. The van der Waals surface area contributed by atoms with Crippen LogP contribution in [0.4, 0.5) is 0 Å². The van der Waals surface area contributed by atoms with Crippen LogP contribution in [0.15, 0.2) is 12.2 Å². The van der Waals surface area contributed by atoms with Crippen LogP contribution in [0.3, 0.4) is 0 Å². The lowest BCUT2D eigenvalue weighted by Crippen LogP contribution is -2.28. The van der Waals surface area contributed by atoms with E-state index in [1.54, 1.807) is 0 Å². The lowest BCUT2D eigenvalue weighted by molar-refractivity contribution is -0.134. The van der Waals surface area contributed by atoms with Gasteiger partial charge in [0.1, 0.15) is 0 Å². The van der Waals surface area contributed by atoms with E-state index in [1.807, 2.05) is 26.6 Å². The zero-order valence-corrected chi connectivity index (χ0v) is 12.0. The van der Waals surface area contributed by atoms with Crippen LogP contribution in [-0.4, -0.2) is 14.3 Å². The largest absolute Gasteiger partial charge is 0.520 e.